The molecule has 0 saturated heterocycles. The van der Waals surface area contributed by atoms with Crippen molar-refractivity contribution < 1.29 is 0 Å². The molecule has 1 aliphatic rings. The third-order valence-corrected chi connectivity index (χ3v) is 3.15. The van der Waals surface area contributed by atoms with Crippen molar-refractivity contribution in [2.24, 2.45) is 0 Å². The van der Waals surface area contributed by atoms with E-state index in [1.165, 1.54) is 0 Å². The third-order valence-electron chi connectivity index (χ3n) is 2.19. The monoisotopic (exact) mass is 193 g/mol. The molecule has 2 aromatic rings. The van der Waals surface area contributed by atoms with Gasteiger partial charge >= 0.3 is 0 Å². The lowest BCUT2D eigenvalue weighted by molar-refractivity contribution is 0.743. The topological polar surface area (TPSA) is 50.7 Å². The first-order valence-electron chi connectivity index (χ1n) is 4.07. The second-order valence-electron chi connectivity index (χ2n) is 2.94. The maximum Gasteiger partial charge on any atom is 0.276 e. The Bertz CT molecular complexity index is 528. The van der Waals surface area contributed by atoms with Crippen molar-refractivity contribution >= 4 is 22.8 Å². The average Bonchev–Trinajstić information content (AvgIpc) is 2.65. The van der Waals surface area contributed by atoms with Crippen LogP contribution < -0.4 is 5.56 Å². The predicted octanol–water partition coefficient (Wildman–Crippen LogP) is 0.830. The predicted molar refractivity (Wildman–Crippen MR) is 51.1 cm³/mol. The number of aryl methyl sites for hydroxylation is 1. The van der Waals surface area contributed by atoms with Gasteiger partial charge in [0.25, 0.3) is 5.56 Å². The fraction of sp³-hybridized carbons (Fsp3) is 0.250. The third kappa shape index (κ3) is 0.875. The van der Waals surface area contributed by atoms with E-state index in [2.05, 4.69) is 14.5 Å². The second-order valence-corrected chi connectivity index (χ2v) is 4.00. The molecule has 2 aromatic heterocycles. The van der Waals surface area contributed by atoms with Gasteiger partial charge in [-0.05, 0) is 6.07 Å². The molecule has 0 saturated carbocycles. The summed E-state index contributed by atoms with van der Waals surface area (Å²) in [6.45, 7) is 0.958. The summed E-state index contributed by atoms with van der Waals surface area (Å²) in [6.07, 6.45) is 1.67. The molecule has 1 N–H and O–H groups in total. The van der Waals surface area contributed by atoms with E-state index in [1.807, 2.05) is 6.07 Å². The van der Waals surface area contributed by atoms with Gasteiger partial charge in [-0.1, -0.05) is 11.8 Å². The molecule has 0 unspecified atom stereocenters. The quantitative estimate of drug-likeness (QED) is 0.674. The number of nitrogens with one attached hydrogen (secondary N) is 1. The minimum atomic E-state index is -0.0972. The molecule has 0 radical (unpaired) electrons. The van der Waals surface area contributed by atoms with Crippen molar-refractivity contribution in [3.8, 4) is 0 Å². The molecule has 3 rings (SSSR count). The molecule has 0 fully saturated rings. The second kappa shape index (κ2) is 2.38. The molecular formula is C8H7N3OS. The van der Waals surface area contributed by atoms with Crippen LogP contribution in [0.4, 0.5) is 0 Å². The van der Waals surface area contributed by atoms with Gasteiger partial charge in [-0.25, -0.2) is 4.98 Å². The Morgan fingerprint density at radius 3 is 3.46 bits per heavy atom. The van der Waals surface area contributed by atoms with E-state index in [0.717, 1.165) is 23.0 Å². The fourth-order valence-corrected chi connectivity index (χ4v) is 2.56. The van der Waals surface area contributed by atoms with Crippen LogP contribution in [-0.2, 0) is 6.54 Å². The van der Waals surface area contributed by atoms with Crippen LogP contribution in [0.5, 0.6) is 0 Å². The summed E-state index contributed by atoms with van der Waals surface area (Å²) in [6, 6.07) is 1.90. The van der Waals surface area contributed by atoms with E-state index in [-0.39, 0.29) is 5.56 Å². The van der Waals surface area contributed by atoms with Crippen molar-refractivity contribution in [3.05, 3.63) is 22.6 Å². The minimum absolute atomic E-state index is 0.0972. The van der Waals surface area contributed by atoms with E-state index in [0.29, 0.717) is 5.52 Å². The molecule has 0 amide bonds. The molecule has 3 heterocycles. The molecule has 0 atom stereocenters. The lowest BCUT2D eigenvalue weighted by Crippen LogP contribution is -2.05. The van der Waals surface area contributed by atoms with Crippen molar-refractivity contribution in [3.63, 3.8) is 0 Å². The number of hydrogen-bond donors (Lipinski definition) is 1. The fourth-order valence-electron chi connectivity index (χ4n) is 1.60. The first-order chi connectivity index (χ1) is 6.36. The molecule has 66 valence electrons. The molecule has 0 aromatic carbocycles. The smallest absolute Gasteiger partial charge is 0.276 e. The minimum Gasteiger partial charge on any atom is -0.327 e. The van der Waals surface area contributed by atoms with Gasteiger partial charge in [0, 0.05) is 18.5 Å². The average molecular weight is 193 g/mol. The molecule has 1 aliphatic heterocycles. The summed E-state index contributed by atoms with van der Waals surface area (Å²) < 4.78 is 2.09. The molecule has 13 heavy (non-hydrogen) atoms. The van der Waals surface area contributed by atoms with Crippen LogP contribution in [0.2, 0.25) is 0 Å². The normalized spacial score (nSPS) is 15.1. The van der Waals surface area contributed by atoms with Crippen molar-refractivity contribution in [1.82, 2.24) is 14.5 Å². The zero-order valence-electron chi connectivity index (χ0n) is 6.78. The maximum atomic E-state index is 11.3. The Balaban J connectivity index is 2.51. The van der Waals surface area contributed by atoms with Crippen molar-refractivity contribution in [1.29, 1.82) is 0 Å². The number of fused-ring (bicyclic) bond motifs is 3. The van der Waals surface area contributed by atoms with E-state index >= 15 is 0 Å². The highest BCUT2D eigenvalue weighted by Crippen LogP contribution is 2.27. The number of imidazole rings is 1. The molecule has 0 spiro atoms. The maximum absolute atomic E-state index is 11.3. The highest BCUT2D eigenvalue weighted by Gasteiger charge is 2.17. The Morgan fingerprint density at radius 2 is 2.54 bits per heavy atom. The largest absolute Gasteiger partial charge is 0.327 e. The molecular weight excluding hydrogens is 186 g/mol. The number of pyridine rings is 1. The summed E-state index contributed by atoms with van der Waals surface area (Å²) in [5.74, 6) is 1.06. The van der Waals surface area contributed by atoms with Gasteiger partial charge < -0.3 is 9.55 Å². The van der Waals surface area contributed by atoms with Crippen LogP contribution in [0, 0.1) is 0 Å². The molecule has 5 heteroatoms. The number of thioether (sulfide) groups is 1. The molecule has 0 aliphatic carbocycles. The Labute approximate surface area is 78.0 Å². The van der Waals surface area contributed by atoms with Crippen LogP contribution in [0.1, 0.15) is 0 Å². The Kier molecular flexibility index (Phi) is 1.32. The van der Waals surface area contributed by atoms with Crippen LogP contribution in [0.3, 0.4) is 0 Å². The molecule has 0 bridgehead atoms. The number of H-pyrrole nitrogens is 1. The number of rotatable bonds is 0. The summed E-state index contributed by atoms with van der Waals surface area (Å²) >= 11 is 1.70. The highest BCUT2D eigenvalue weighted by molar-refractivity contribution is 7.99. The lowest BCUT2D eigenvalue weighted by Gasteiger charge is -1.94. The van der Waals surface area contributed by atoms with E-state index in [4.69, 9.17) is 0 Å². The first-order valence-corrected chi connectivity index (χ1v) is 5.05. The van der Waals surface area contributed by atoms with E-state index < -0.39 is 0 Å². The summed E-state index contributed by atoms with van der Waals surface area (Å²) in [7, 11) is 0. The van der Waals surface area contributed by atoms with Crippen molar-refractivity contribution in [2.75, 3.05) is 5.75 Å². The van der Waals surface area contributed by atoms with Gasteiger partial charge in [0.05, 0.1) is 5.52 Å². The van der Waals surface area contributed by atoms with Gasteiger partial charge in [0.2, 0.25) is 0 Å². The summed E-state index contributed by atoms with van der Waals surface area (Å²) in [5.41, 5.74) is 1.41. The lowest BCUT2D eigenvalue weighted by atomic mass is 10.4. The van der Waals surface area contributed by atoms with E-state index in [9.17, 15) is 4.79 Å². The van der Waals surface area contributed by atoms with Gasteiger partial charge in [-0.2, -0.15) is 0 Å². The summed E-state index contributed by atoms with van der Waals surface area (Å²) in [4.78, 5) is 18.2. The van der Waals surface area contributed by atoms with Gasteiger partial charge in [-0.3, -0.25) is 4.79 Å². The van der Waals surface area contributed by atoms with Crippen LogP contribution in [-0.4, -0.2) is 20.3 Å². The number of aromatic nitrogens is 3. The van der Waals surface area contributed by atoms with Gasteiger partial charge in [0.15, 0.2) is 10.7 Å². The van der Waals surface area contributed by atoms with Gasteiger partial charge in [0.1, 0.15) is 0 Å². The highest BCUT2D eigenvalue weighted by atomic mass is 32.2. The number of hydrogen-bond acceptors (Lipinski definition) is 3. The zero-order valence-corrected chi connectivity index (χ0v) is 7.60. The zero-order chi connectivity index (χ0) is 8.84. The van der Waals surface area contributed by atoms with Crippen LogP contribution >= 0.6 is 11.8 Å². The number of aromatic amines is 1. The Hall–Kier alpha value is -1.23. The van der Waals surface area contributed by atoms with Crippen molar-refractivity contribution in [2.45, 2.75) is 11.7 Å². The summed E-state index contributed by atoms with van der Waals surface area (Å²) in [5, 5.41) is 0.965. The SMILES string of the molecule is O=c1[nH]ccc2c1nc1n2CCS1. The van der Waals surface area contributed by atoms with E-state index in [1.54, 1.807) is 18.0 Å². The van der Waals surface area contributed by atoms with Gasteiger partial charge in [-0.15, -0.1) is 0 Å². The first kappa shape index (κ1) is 7.20. The van der Waals surface area contributed by atoms with Crippen LogP contribution in [0.15, 0.2) is 22.2 Å². The number of nitrogens with zero attached hydrogens (tertiary/aromatic N) is 2. The van der Waals surface area contributed by atoms with Crippen LogP contribution in [0.25, 0.3) is 11.0 Å². The standard InChI is InChI=1S/C8H7N3OS/c12-7-6-5(1-2-9-7)11-3-4-13-8(11)10-6/h1-2H,3-4H2,(H,9,12). The molecule has 4 nitrogen and oxygen atoms in total. The Morgan fingerprint density at radius 1 is 1.62 bits per heavy atom.